The molecule has 12 nitrogen and oxygen atoms in total. The Hall–Kier alpha value is -2.13. The van der Waals surface area contributed by atoms with E-state index in [0.717, 1.165) is 13.7 Å². The van der Waals surface area contributed by atoms with Crippen LogP contribution >= 0.6 is 37.9 Å². The Morgan fingerprint density at radius 3 is 1.14 bits per heavy atom. The van der Waals surface area contributed by atoms with Gasteiger partial charge in [0.05, 0.1) is 26.1 Å². The van der Waals surface area contributed by atoms with E-state index in [1.807, 2.05) is 0 Å². The van der Waals surface area contributed by atoms with Crippen LogP contribution in [0.1, 0.15) is 32.1 Å². The van der Waals surface area contributed by atoms with Gasteiger partial charge in [-0.2, -0.15) is 37.9 Å². The first-order chi connectivity index (χ1) is 16.8. The molecule has 0 unspecified atom stereocenters. The van der Waals surface area contributed by atoms with Crippen LogP contribution in [0, 0.1) is 0 Å². The molecule has 0 aliphatic heterocycles. The third kappa shape index (κ3) is 11.0. The van der Waals surface area contributed by atoms with Crippen molar-refractivity contribution in [1.29, 1.82) is 0 Å². The highest BCUT2D eigenvalue weighted by Crippen LogP contribution is 1.96. The Labute approximate surface area is 218 Å². The van der Waals surface area contributed by atoms with E-state index >= 15 is 0 Å². The fourth-order valence-electron chi connectivity index (χ4n) is 2.76. The SMILES string of the molecule is O=C(CCS)OCCn1c(=O)n(CCOC(=O)CCCS)c(=O)n(CCOC(=O)CCCS)c1=O. The Morgan fingerprint density at radius 2 is 0.857 bits per heavy atom. The molecule has 15 heteroatoms. The van der Waals surface area contributed by atoms with E-state index in [9.17, 15) is 28.8 Å². The summed E-state index contributed by atoms with van der Waals surface area (Å²) in [6, 6.07) is 0. The molecule has 0 spiro atoms. The molecule has 0 bridgehead atoms. The molecule has 1 rings (SSSR count). The van der Waals surface area contributed by atoms with Gasteiger partial charge in [-0.15, -0.1) is 0 Å². The Kier molecular flexibility index (Phi) is 15.3. The van der Waals surface area contributed by atoms with Gasteiger partial charge in [0.2, 0.25) is 0 Å². The fraction of sp³-hybridized carbons (Fsp3) is 0.700. The summed E-state index contributed by atoms with van der Waals surface area (Å²) in [5, 5.41) is 0. The van der Waals surface area contributed by atoms with Crippen molar-refractivity contribution in [2.45, 2.75) is 51.7 Å². The van der Waals surface area contributed by atoms with Gasteiger partial charge in [-0.1, -0.05) is 0 Å². The molecule has 1 heterocycles. The summed E-state index contributed by atoms with van der Waals surface area (Å²) in [5.74, 6) is -0.294. The maximum Gasteiger partial charge on any atom is 0.336 e. The lowest BCUT2D eigenvalue weighted by Crippen LogP contribution is -2.55. The molecule has 198 valence electrons. The number of ether oxygens (including phenoxy) is 3. The summed E-state index contributed by atoms with van der Waals surface area (Å²) in [5.41, 5.74) is -2.83. The number of hydrogen-bond acceptors (Lipinski definition) is 12. The number of esters is 3. The topological polar surface area (TPSA) is 145 Å². The number of carbonyl (C=O) groups is 3. The van der Waals surface area contributed by atoms with Gasteiger partial charge < -0.3 is 14.2 Å². The monoisotopic (exact) mass is 553 g/mol. The van der Waals surface area contributed by atoms with Crippen molar-refractivity contribution >= 4 is 55.8 Å². The Morgan fingerprint density at radius 1 is 0.543 bits per heavy atom. The minimum atomic E-state index is -0.946. The molecule has 0 atom stereocenters. The molecular formula is C20H31N3O9S3. The van der Waals surface area contributed by atoms with E-state index < -0.39 is 35.0 Å². The van der Waals surface area contributed by atoms with E-state index in [-0.39, 0.29) is 64.5 Å². The van der Waals surface area contributed by atoms with Gasteiger partial charge in [-0.25, -0.2) is 28.1 Å². The highest BCUT2D eigenvalue weighted by molar-refractivity contribution is 7.80. The standard InChI is InChI=1S/C20H31N3O9S3/c24-15(3-1-12-33)30-9-6-21-18(27)22(7-10-31-16(25)4-2-13-34)20(29)23(19(21)28)8-11-32-17(26)5-14-35/h33-35H,1-14H2. The largest absolute Gasteiger partial charge is 0.464 e. The molecule has 0 N–H and O–H groups in total. The van der Waals surface area contributed by atoms with Crippen LogP contribution in [0.2, 0.25) is 0 Å². The van der Waals surface area contributed by atoms with Crippen LogP contribution in [0.4, 0.5) is 0 Å². The number of rotatable bonds is 17. The highest BCUT2D eigenvalue weighted by atomic mass is 32.1. The van der Waals surface area contributed by atoms with Crippen LogP contribution in [0.25, 0.3) is 0 Å². The normalized spacial score (nSPS) is 10.7. The summed E-state index contributed by atoms with van der Waals surface area (Å²) >= 11 is 12.0. The van der Waals surface area contributed by atoms with Crippen molar-refractivity contribution in [3.8, 4) is 0 Å². The van der Waals surface area contributed by atoms with Crippen LogP contribution < -0.4 is 17.1 Å². The Balaban J connectivity index is 3.08. The molecular weight excluding hydrogens is 522 g/mol. The molecule has 0 aromatic carbocycles. The second kappa shape index (κ2) is 17.3. The summed E-state index contributed by atoms with van der Waals surface area (Å²) in [7, 11) is 0. The maximum atomic E-state index is 12.8. The van der Waals surface area contributed by atoms with Crippen LogP contribution in [-0.2, 0) is 48.2 Å². The molecule has 1 aromatic rings. The zero-order chi connectivity index (χ0) is 26.2. The van der Waals surface area contributed by atoms with Gasteiger partial charge in [0.25, 0.3) is 0 Å². The van der Waals surface area contributed by atoms with Crippen molar-refractivity contribution in [2.24, 2.45) is 0 Å². The van der Waals surface area contributed by atoms with Gasteiger partial charge >= 0.3 is 35.0 Å². The van der Waals surface area contributed by atoms with Crippen LogP contribution in [-0.4, -0.2) is 68.7 Å². The first-order valence-electron chi connectivity index (χ1n) is 11.0. The zero-order valence-electron chi connectivity index (χ0n) is 19.3. The van der Waals surface area contributed by atoms with E-state index in [1.165, 1.54) is 0 Å². The molecule has 0 aliphatic carbocycles. The molecule has 0 amide bonds. The van der Waals surface area contributed by atoms with Crippen LogP contribution in [0.5, 0.6) is 0 Å². The number of hydrogen-bond donors (Lipinski definition) is 3. The Bertz CT molecular complexity index is 956. The predicted molar refractivity (Wildman–Crippen MR) is 137 cm³/mol. The minimum Gasteiger partial charge on any atom is -0.464 e. The third-order valence-corrected chi connectivity index (χ3v) is 5.37. The fourth-order valence-corrected chi connectivity index (χ4v) is 3.26. The van der Waals surface area contributed by atoms with E-state index in [2.05, 4.69) is 37.9 Å². The summed E-state index contributed by atoms with van der Waals surface area (Å²) in [4.78, 5) is 73.4. The molecule has 0 saturated heterocycles. The van der Waals surface area contributed by atoms with Crippen LogP contribution in [0.3, 0.4) is 0 Å². The summed E-state index contributed by atoms with van der Waals surface area (Å²) in [6.45, 7) is -1.72. The molecule has 1 aromatic heterocycles. The average molecular weight is 554 g/mol. The third-order valence-electron chi connectivity index (χ3n) is 4.51. The zero-order valence-corrected chi connectivity index (χ0v) is 21.9. The second-order valence-electron chi connectivity index (χ2n) is 7.09. The summed E-state index contributed by atoms with van der Waals surface area (Å²) in [6.07, 6.45) is 1.35. The highest BCUT2D eigenvalue weighted by Gasteiger charge is 2.17. The van der Waals surface area contributed by atoms with Gasteiger partial charge in [0.1, 0.15) is 19.8 Å². The molecule has 0 aliphatic rings. The van der Waals surface area contributed by atoms with Crippen molar-refractivity contribution in [2.75, 3.05) is 37.1 Å². The van der Waals surface area contributed by atoms with Gasteiger partial charge in [0, 0.05) is 18.6 Å². The first kappa shape index (κ1) is 30.9. The van der Waals surface area contributed by atoms with Crippen LogP contribution in [0.15, 0.2) is 14.4 Å². The van der Waals surface area contributed by atoms with E-state index in [1.54, 1.807) is 0 Å². The number of carbonyl (C=O) groups excluding carboxylic acids is 3. The van der Waals surface area contributed by atoms with Crippen molar-refractivity contribution in [3.05, 3.63) is 31.5 Å². The molecule has 0 saturated carbocycles. The number of aromatic nitrogens is 3. The van der Waals surface area contributed by atoms with Crippen molar-refractivity contribution < 1.29 is 28.6 Å². The molecule has 0 radical (unpaired) electrons. The minimum absolute atomic E-state index is 0.0545. The van der Waals surface area contributed by atoms with Gasteiger partial charge in [0.15, 0.2) is 0 Å². The predicted octanol–water partition coefficient (Wildman–Crippen LogP) is -0.459. The maximum absolute atomic E-state index is 12.8. The lowest BCUT2D eigenvalue weighted by Gasteiger charge is -2.14. The second-order valence-corrected chi connectivity index (χ2v) is 8.43. The van der Waals surface area contributed by atoms with Crippen molar-refractivity contribution in [3.63, 3.8) is 0 Å². The lowest BCUT2D eigenvalue weighted by molar-refractivity contribution is -0.144. The molecule has 0 fully saturated rings. The first-order valence-corrected chi connectivity index (χ1v) is 12.9. The van der Waals surface area contributed by atoms with E-state index in [4.69, 9.17) is 14.2 Å². The van der Waals surface area contributed by atoms with Crippen molar-refractivity contribution in [1.82, 2.24) is 13.7 Å². The van der Waals surface area contributed by atoms with Gasteiger partial charge in [-0.05, 0) is 24.3 Å². The quantitative estimate of drug-likeness (QED) is 0.133. The average Bonchev–Trinajstić information content (AvgIpc) is 2.83. The lowest BCUT2D eigenvalue weighted by atomic mass is 10.3. The van der Waals surface area contributed by atoms with E-state index in [0.29, 0.717) is 24.3 Å². The number of nitrogens with zero attached hydrogens (tertiary/aromatic N) is 3. The smallest absolute Gasteiger partial charge is 0.336 e. The summed E-state index contributed by atoms with van der Waals surface area (Å²) < 4.78 is 17.3. The molecule has 35 heavy (non-hydrogen) atoms. The van der Waals surface area contributed by atoms with Gasteiger partial charge in [-0.3, -0.25) is 14.4 Å². The number of thiol groups is 3.